The summed E-state index contributed by atoms with van der Waals surface area (Å²) in [4.78, 5) is 26.7. The molecule has 0 saturated heterocycles. The van der Waals surface area contributed by atoms with Gasteiger partial charge in [0.15, 0.2) is 0 Å². The first-order valence-electron chi connectivity index (χ1n) is 8.37. The van der Waals surface area contributed by atoms with Crippen LogP contribution < -0.4 is 5.32 Å². The van der Waals surface area contributed by atoms with Crippen molar-refractivity contribution in [2.24, 2.45) is 0 Å². The fourth-order valence-electron chi connectivity index (χ4n) is 3.25. The molecule has 0 bridgehead atoms. The minimum absolute atomic E-state index is 0.0418. The largest absolute Gasteiger partial charge is 0.449 e. The van der Waals surface area contributed by atoms with Crippen LogP contribution in [0.1, 0.15) is 30.9 Å². The van der Waals surface area contributed by atoms with Crippen molar-refractivity contribution in [3.8, 4) is 11.1 Å². The molecule has 2 aromatic rings. The highest BCUT2D eigenvalue weighted by Crippen LogP contribution is 2.44. The van der Waals surface area contributed by atoms with Gasteiger partial charge in [0.25, 0.3) is 5.78 Å². The lowest BCUT2D eigenvalue weighted by Gasteiger charge is -2.16. The molecular formula is C20H19N3O3. The van der Waals surface area contributed by atoms with Gasteiger partial charge in [-0.2, -0.15) is 4.79 Å². The second-order valence-electron chi connectivity index (χ2n) is 6.24. The second kappa shape index (κ2) is 7.33. The number of alkyl carbamates (subject to hydrolysis) is 1. The number of ketones is 1. The quantitative estimate of drug-likeness (QED) is 0.510. The number of amides is 1. The Labute approximate surface area is 151 Å². The zero-order valence-corrected chi connectivity index (χ0v) is 14.6. The molecule has 0 heterocycles. The van der Waals surface area contributed by atoms with Crippen LogP contribution >= 0.6 is 0 Å². The number of ether oxygens (including phenoxy) is 1. The van der Waals surface area contributed by atoms with Gasteiger partial charge in [-0.3, -0.25) is 4.79 Å². The number of fused-ring (bicyclic) bond motifs is 3. The molecule has 0 aromatic heterocycles. The van der Waals surface area contributed by atoms with Crippen molar-refractivity contribution in [3.63, 3.8) is 0 Å². The van der Waals surface area contributed by atoms with Gasteiger partial charge in [-0.1, -0.05) is 48.5 Å². The van der Waals surface area contributed by atoms with Gasteiger partial charge in [-0.15, -0.1) is 0 Å². The van der Waals surface area contributed by atoms with Crippen LogP contribution in [0.3, 0.4) is 0 Å². The molecule has 6 heteroatoms. The van der Waals surface area contributed by atoms with Gasteiger partial charge in [0.2, 0.25) is 0 Å². The third-order valence-corrected chi connectivity index (χ3v) is 4.58. The van der Waals surface area contributed by atoms with E-state index in [0.29, 0.717) is 0 Å². The highest BCUT2D eigenvalue weighted by Gasteiger charge is 2.29. The van der Waals surface area contributed by atoms with Gasteiger partial charge in [0, 0.05) is 12.8 Å². The lowest BCUT2D eigenvalue weighted by Crippen LogP contribution is -2.42. The van der Waals surface area contributed by atoms with Gasteiger partial charge in [0.1, 0.15) is 6.61 Å². The molecule has 0 spiro atoms. The Bertz CT molecular complexity index is 871. The number of carbonyl (C=O) groups is 2. The Morgan fingerprint density at radius 2 is 1.65 bits per heavy atom. The van der Waals surface area contributed by atoms with Crippen molar-refractivity contribution < 1.29 is 19.1 Å². The maximum atomic E-state index is 12.1. The summed E-state index contributed by atoms with van der Waals surface area (Å²) in [5.74, 6) is -0.513. The van der Waals surface area contributed by atoms with E-state index in [1.165, 1.54) is 13.8 Å². The molecule has 0 saturated carbocycles. The molecule has 6 nitrogen and oxygen atoms in total. The van der Waals surface area contributed by atoms with Crippen molar-refractivity contribution in [1.82, 2.24) is 5.32 Å². The van der Waals surface area contributed by atoms with Crippen LogP contribution in [0, 0.1) is 0 Å². The predicted molar refractivity (Wildman–Crippen MR) is 97.0 cm³/mol. The Kier molecular flexibility index (Phi) is 4.96. The van der Waals surface area contributed by atoms with E-state index < -0.39 is 17.9 Å². The molecule has 132 valence electrons. The maximum Gasteiger partial charge on any atom is 0.407 e. The average Bonchev–Trinajstić information content (AvgIpc) is 2.99. The molecule has 1 amide bonds. The predicted octanol–water partition coefficient (Wildman–Crippen LogP) is 3.17. The van der Waals surface area contributed by atoms with Crippen LogP contribution in [0.2, 0.25) is 0 Å². The smallest absolute Gasteiger partial charge is 0.407 e. The number of rotatable bonds is 5. The normalized spacial score (nSPS) is 13.2. The molecule has 0 radical (unpaired) electrons. The molecule has 0 unspecified atom stereocenters. The van der Waals surface area contributed by atoms with Crippen molar-refractivity contribution in [3.05, 3.63) is 65.2 Å². The van der Waals surface area contributed by atoms with E-state index in [-0.39, 0.29) is 18.2 Å². The van der Waals surface area contributed by atoms with Crippen molar-refractivity contribution >= 4 is 17.6 Å². The van der Waals surface area contributed by atoms with E-state index in [2.05, 4.69) is 22.2 Å². The number of Topliss-reactive ketones (excluding diaryl/α,β-unsaturated/α-hetero) is 1. The molecule has 2 aromatic carbocycles. The number of hydrogen-bond donors (Lipinski definition) is 1. The minimum atomic E-state index is -0.832. The van der Waals surface area contributed by atoms with E-state index in [1.807, 2.05) is 36.4 Å². The van der Waals surface area contributed by atoms with E-state index in [1.54, 1.807) is 0 Å². The molecule has 3 rings (SSSR count). The molecular weight excluding hydrogens is 330 g/mol. The second-order valence-corrected chi connectivity index (χ2v) is 6.24. The summed E-state index contributed by atoms with van der Waals surface area (Å²) >= 11 is 0. The first kappa shape index (κ1) is 17.6. The monoisotopic (exact) mass is 349 g/mol. The lowest BCUT2D eigenvalue weighted by molar-refractivity contribution is -0.118. The molecule has 1 atom stereocenters. The van der Waals surface area contributed by atoms with Crippen LogP contribution in [-0.4, -0.2) is 35.0 Å². The SMILES string of the molecule is CC(=[N+]=[N-])C(=O)[C@H](C)NC(=O)OCC1c2ccccc2-c2ccccc21. The summed E-state index contributed by atoms with van der Waals surface area (Å²) in [5, 5.41) is 2.46. The lowest BCUT2D eigenvalue weighted by atomic mass is 9.98. The zero-order valence-electron chi connectivity index (χ0n) is 14.6. The van der Waals surface area contributed by atoms with Gasteiger partial charge in [0.05, 0.1) is 6.04 Å². The summed E-state index contributed by atoms with van der Waals surface area (Å²) in [6, 6.07) is 15.3. The first-order chi connectivity index (χ1) is 12.5. The van der Waals surface area contributed by atoms with E-state index in [9.17, 15) is 9.59 Å². The maximum absolute atomic E-state index is 12.1. The topological polar surface area (TPSA) is 91.8 Å². The zero-order chi connectivity index (χ0) is 18.7. The van der Waals surface area contributed by atoms with Gasteiger partial charge in [-0.25, -0.2) is 4.79 Å². The molecule has 1 aliphatic carbocycles. The number of nitrogens with one attached hydrogen (secondary N) is 1. The summed E-state index contributed by atoms with van der Waals surface area (Å²) in [6.07, 6.45) is -0.682. The average molecular weight is 349 g/mol. The summed E-state index contributed by atoms with van der Waals surface area (Å²) in [5.41, 5.74) is 13.1. The number of hydrogen-bond acceptors (Lipinski definition) is 3. The summed E-state index contributed by atoms with van der Waals surface area (Å²) in [6.45, 7) is 3.06. The van der Waals surface area contributed by atoms with Crippen LogP contribution in [0.15, 0.2) is 48.5 Å². The fourth-order valence-corrected chi connectivity index (χ4v) is 3.25. The number of benzene rings is 2. The highest BCUT2D eigenvalue weighted by molar-refractivity contribution is 6.38. The van der Waals surface area contributed by atoms with Crippen LogP contribution in [0.4, 0.5) is 4.79 Å². The Morgan fingerprint density at radius 3 is 2.19 bits per heavy atom. The molecule has 26 heavy (non-hydrogen) atoms. The number of nitrogens with zero attached hydrogens (tertiary/aromatic N) is 2. The Hall–Kier alpha value is -3.24. The van der Waals surface area contributed by atoms with Gasteiger partial charge in [-0.05, 0) is 29.2 Å². The van der Waals surface area contributed by atoms with Crippen molar-refractivity contribution in [2.45, 2.75) is 25.8 Å². The minimum Gasteiger partial charge on any atom is -0.449 e. The third kappa shape index (κ3) is 3.27. The highest BCUT2D eigenvalue weighted by atomic mass is 16.5. The third-order valence-electron chi connectivity index (χ3n) is 4.58. The van der Waals surface area contributed by atoms with Crippen LogP contribution in [-0.2, 0) is 9.53 Å². The van der Waals surface area contributed by atoms with Crippen molar-refractivity contribution in [1.29, 1.82) is 0 Å². The van der Waals surface area contributed by atoms with Crippen LogP contribution in [0.25, 0.3) is 16.7 Å². The van der Waals surface area contributed by atoms with Crippen LogP contribution in [0.5, 0.6) is 0 Å². The van der Waals surface area contributed by atoms with Gasteiger partial charge < -0.3 is 15.6 Å². The number of carbonyl (C=O) groups excluding carboxylic acids is 2. The Morgan fingerprint density at radius 1 is 1.12 bits per heavy atom. The van der Waals surface area contributed by atoms with Gasteiger partial charge >= 0.3 is 11.8 Å². The van der Waals surface area contributed by atoms with E-state index in [0.717, 1.165) is 22.3 Å². The Balaban J connectivity index is 1.69. The van der Waals surface area contributed by atoms with E-state index in [4.69, 9.17) is 10.3 Å². The summed E-state index contributed by atoms with van der Waals surface area (Å²) < 4.78 is 5.37. The fraction of sp³-hybridized carbons (Fsp3) is 0.250. The molecule has 0 aliphatic heterocycles. The molecule has 1 N–H and O–H groups in total. The first-order valence-corrected chi connectivity index (χ1v) is 8.37. The van der Waals surface area contributed by atoms with E-state index >= 15 is 0 Å². The molecule has 0 fully saturated rings. The molecule has 1 aliphatic rings. The standard InChI is InChI=1S/C20H19N3O3/c1-12(19(24)13(2)23-21)22-20(25)26-11-18-16-9-5-3-7-14(16)15-8-4-6-10-17(15)18/h3-10,12,18H,11H2,1-2H3,(H,22,25)/t12-/m0/s1. The summed E-state index contributed by atoms with van der Waals surface area (Å²) in [7, 11) is 0. The van der Waals surface area contributed by atoms with Crippen molar-refractivity contribution in [2.75, 3.05) is 6.61 Å².